The van der Waals surface area contributed by atoms with Crippen LogP contribution in [0.5, 0.6) is 0 Å². The molecule has 0 bridgehead atoms. The number of fused-ring (bicyclic) bond motifs is 1. The van der Waals surface area contributed by atoms with Crippen molar-refractivity contribution >= 4 is 12.4 Å². The quantitative estimate of drug-likeness (QED) is 0.875. The SMILES string of the molecule is CCOCC1CNCc2c1cnn2CC.Cl. The molecular formula is C11H20ClN3O. The fourth-order valence-corrected chi connectivity index (χ4v) is 2.12. The van der Waals surface area contributed by atoms with Crippen molar-refractivity contribution in [2.75, 3.05) is 19.8 Å². The fourth-order valence-electron chi connectivity index (χ4n) is 2.12. The molecule has 2 heterocycles. The molecule has 1 unspecified atom stereocenters. The Morgan fingerprint density at radius 3 is 3.06 bits per heavy atom. The van der Waals surface area contributed by atoms with Gasteiger partial charge in [-0.15, -0.1) is 12.4 Å². The molecule has 4 nitrogen and oxygen atoms in total. The van der Waals surface area contributed by atoms with Crippen LogP contribution in [0.4, 0.5) is 0 Å². The van der Waals surface area contributed by atoms with Gasteiger partial charge in [-0.3, -0.25) is 4.68 Å². The van der Waals surface area contributed by atoms with Crippen molar-refractivity contribution < 1.29 is 4.74 Å². The lowest BCUT2D eigenvalue weighted by Crippen LogP contribution is -2.31. The van der Waals surface area contributed by atoms with Gasteiger partial charge in [-0.2, -0.15) is 5.10 Å². The molecule has 1 atom stereocenters. The lowest BCUT2D eigenvalue weighted by Gasteiger charge is -2.23. The van der Waals surface area contributed by atoms with Crippen LogP contribution in [0.1, 0.15) is 31.0 Å². The molecule has 16 heavy (non-hydrogen) atoms. The van der Waals surface area contributed by atoms with E-state index in [1.165, 1.54) is 11.3 Å². The Bertz CT molecular complexity index is 327. The Balaban J connectivity index is 0.00000128. The minimum absolute atomic E-state index is 0. The van der Waals surface area contributed by atoms with Gasteiger partial charge in [-0.05, 0) is 13.8 Å². The molecule has 0 aromatic carbocycles. The lowest BCUT2D eigenvalue weighted by atomic mass is 9.97. The first kappa shape index (κ1) is 13.5. The molecule has 1 aliphatic heterocycles. The number of nitrogens with one attached hydrogen (secondary N) is 1. The van der Waals surface area contributed by atoms with Gasteiger partial charge in [0.2, 0.25) is 0 Å². The van der Waals surface area contributed by atoms with Crippen LogP contribution in [0.25, 0.3) is 0 Å². The lowest BCUT2D eigenvalue weighted by molar-refractivity contribution is 0.129. The van der Waals surface area contributed by atoms with Gasteiger partial charge in [0, 0.05) is 37.7 Å². The smallest absolute Gasteiger partial charge is 0.0558 e. The van der Waals surface area contributed by atoms with Gasteiger partial charge >= 0.3 is 0 Å². The first-order valence-electron chi connectivity index (χ1n) is 5.69. The standard InChI is InChI=1S/C11H19N3O.ClH/c1-3-14-11-7-12-5-9(8-15-4-2)10(11)6-13-14;/h6,9,12H,3-5,7-8H2,1-2H3;1H. The predicted octanol–water partition coefficient (Wildman–Crippen LogP) is 1.55. The maximum Gasteiger partial charge on any atom is 0.0558 e. The van der Waals surface area contributed by atoms with Crippen molar-refractivity contribution in [1.29, 1.82) is 0 Å². The van der Waals surface area contributed by atoms with Crippen LogP contribution in [0.2, 0.25) is 0 Å². The molecule has 1 aromatic heterocycles. The molecular weight excluding hydrogens is 226 g/mol. The van der Waals surface area contributed by atoms with Gasteiger partial charge in [-0.25, -0.2) is 0 Å². The van der Waals surface area contributed by atoms with Crippen molar-refractivity contribution in [3.05, 3.63) is 17.5 Å². The average Bonchev–Trinajstić information content (AvgIpc) is 2.69. The monoisotopic (exact) mass is 245 g/mol. The molecule has 1 aromatic rings. The highest BCUT2D eigenvalue weighted by atomic mass is 35.5. The van der Waals surface area contributed by atoms with Gasteiger partial charge in [0.1, 0.15) is 0 Å². The number of aryl methyl sites for hydroxylation is 1. The Labute approximate surface area is 103 Å². The first-order valence-corrected chi connectivity index (χ1v) is 5.69. The third-order valence-corrected chi connectivity index (χ3v) is 2.93. The second kappa shape index (κ2) is 6.23. The second-order valence-corrected chi connectivity index (χ2v) is 3.85. The molecule has 1 aliphatic rings. The van der Waals surface area contributed by atoms with Crippen LogP contribution in [0, 0.1) is 0 Å². The topological polar surface area (TPSA) is 39.1 Å². The van der Waals surface area contributed by atoms with E-state index in [2.05, 4.69) is 22.0 Å². The summed E-state index contributed by atoms with van der Waals surface area (Å²) >= 11 is 0. The van der Waals surface area contributed by atoms with E-state index in [4.69, 9.17) is 4.74 Å². The van der Waals surface area contributed by atoms with E-state index in [1.54, 1.807) is 0 Å². The summed E-state index contributed by atoms with van der Waals surface area (Å²) in [5.41, 5.74) is 2.69. The summed E-state index contributed by atoms with van der Waals surface area (Å²) in [6.07, 6.45) is 2.00. The van der Waals surface area contributed by atoms with E-state index in [-0.39, 0.29) is 12.4 Å². The number of hydrogen-bond donors (Lipinski definition) is 1. The fraction of sp³-hybridized carbons (Fsp3) is 0.727. The Morgan fingerprint density at radius 1 is 1.56 bits per heavy atom. The highest BCUT2D eigenvalue weighted by molar-refractivity contribution is 5.85. The number of ether oxygens (including phenoxy) is 1. The van der Waals surface area contributed by atoms with Crippen LogP contribution in [0.3, 0.4) is 0 Å². The molecule has 0 radical (unpaired) electrons. The van der Waals surface area contributed by atoms with Gasteiger partial charge in [0.15, 0.2) is 0 Å². The molecule has 5 heteroatoms. The molecule has 0 saturated heterocycles. The van der Waals surface area contributed by atoms with E-state index < -0.39 is 0 Å². The Hall–Kier alpha value is -0.580. The summed E-state index contributed by atoms with van der Waals surface area (Å²) < 4.78 is 7.57. The zero-order chi connectivity index (χ0) is 10.7. The normalized spacial score (nSPS) is 19.0. The van der Waals surface area contributed by atoms with Gasteiger partial charge in [0.25, 0.3) is 0 Å². The maximum absolute atomic E-state index is 5.50. The van der Waals surface area contributed by atoms with Crippen molar-refractivity contribution in [3.63, 3.8) is 0 Å². The Kier molecular flexibility index (Phi) is 5.25. The number of hydrogen-bond acceptors (Lipinski definition) is 3. The van der Waals surface area contributed by atoms with Crippen molar-refractivity contribution in [2.45, 2.75) is 32.9 Å². The molecule has 1 N–H and O–H groups in total. The molecule has 0 amide bonds. The summed E-state index contributed by atoms with van der Waals surface area (Å²) in [4.78, 5) is 0. The first-order chi connectivity index (χ1) is 7.36. The summed E-state index contributed by atoms with van der Waals surface area (Å²) in [7, 11) is 0. The van der Waals surface area contributed by atoms with Crippen molar-refractivity contribution in [2.24, 2.45) is 0 Å². The van der Waals surface area contributed by atoms with Gasteiger partial charge in [0.05, 0.1) is 18.5 Å². The molecule has 2 rings (SSSR count). The zero-order valence-electron chi connectivity index (χ0n) is 9.90. The van der Waals surface area contributed by atoms with Gasteiger partial charge in [-0.1, -0.05) is 0 Å². The summed E-state index contributed by atoms with van der Waals surface area (Å²) in [6, 6.07) is 0. The molecule has 0 spiro atoms. The summed E-state index contributed by atoms with van der Waals surface area (Å²) in [6.45, 7) is 8.62. The summed E-state index contributed by atoms with van der Waals surface area (Å²) in [5, 5.41) is 7.82. The molecule has 0 fully saturated rings. The van der Waals surface area contributed by atoms with Crippen LogP contribution in [0.15, 0.2) is 6.20 Å². The highest BCUT2D eigenvalue weighted by Gasteiger charge is 2.23. The predicted molar refractivity (Wildman–Crippen MR) is 66.1 cm³/mol. The van der Waals surface area contributed by atoms with E-state index in [1.807, 2.05) is 13.1 Å². The van der Waals surface area contributed by atoms with E-state index in [0.717, 1.165) is 32.8 Å². The third kappa shape index (κ3) is 2.56. The number of nitrogens with zero attached hydrogens (tertiary/aromatic N) is 2. The molecule has 0 saturated carbocycles. The minimum Gasteiger partial charge on any atom is -0.381 e. The van der Waals surface area contributed by atoms with Crippen LogP contribution in [-0.4, -0.2) is 29.5 Å². The van der Waals surface area contributed by atoms with Crippen LogP contribution < -0.4 is 5.32 Å². The number of halogens is 1. The molecule has 0 aliphatic carbocycles. The summed E-state index contributed by atoms with van der Waals surface area (Å²) in [5.74, 6) is 0.467. The second-order valence-electron chi connectivity index (χ2n) is 3.85. The van der Waals surface area contributed by atoms with Crippen molar-refractivity contribution in [3.8, 4) is 0 Å². The Morgan fingerprint density at radius 2 is 2.38 bits per heavy atom. The van der Waals surface area contributed by atoms with E-state index in [0.29, 0.717) is 5.92 Å². The van der Waals surface area contributed by atoms with E-state index in [9.17, 15) is 0 Å². The highest BCUT2D eigenvalue weighted by Crippen LogP contribution is 2.23. The third-order valence-electron chi connectivity index (χ3n) is 2.93. The number of aromatic nitrogens is 2. The molecule has 92 valence electrons. The van der Waals surface area contributed by atoms with Crippen LogP contribution in [-0.2, 0) is 17.8 Å². The van der Waals surface area contributed by atoms with E-state index >= 15 is 0 Å². The maximum atomic E-state index is 5.50. The average molecular weight is 246 g/mol. The number of rotatable bonds is 4. The minimum atomic E-state index is 0. The zero-order valence-corrected chi connectivity index (χ0v) is 10.7. The van der Waals surface area contributed by atoms with Crippen LogP contribution >= 0.6 is 12.4 Å². The largest absolute Gasteiger partial charge is 0.381 e. The van der Waals surface area contributed by atoms with Crippen molar-refractivity contribution in [1.82, 2.24) is 15.1 Å². The van der Waals surface area contributed by atoms with Gasteiger partial charge < -0.3 is 10.1 Å².